The van der Waals surface area contributed by atoms with E-state index >= 15 is 0 Å². The van der Waals surface area contributed by atoms with Crippen molar-refractivity contribution in [3.8, 4) is 11.8 Å². The average Bonchev–Trinajstić information content (AvgIpc) is 2.12. The molecule has 0 spiro atoms. The molecular weight excluding hydrogens is 174 g/mol. The van der Waals surface area contributed by atoms with Crippen molar-refractivity contribution in [1.82, 2.24) is 0 Å². The Morgan fingerprint density at radius 3 is 2.69 bits per heavy atom. The molecule has 13 heavy (non-hydrogen) atoms. The molecule has 0 saturated heterocycles. The van der Waals surface area contributed by atoms with Gasteiger partial charge in [0.15, 0.2) is 0 Å². The molecule has 1 nitrogen and oxygen atoms in total. The Kier molecular flexibility index (Phi) is 2.99. The van der Waals surface area contributed by atoms with Crippen molar-refractivity contribution in [2.45, 2.75) is 6.92 Å². The summed E-state index contributed by atoms with van der Waals surface area (Å²) < 4.78 is 26.1. The summed E-state index contributed by atoms with van der Waals surface area (Å²) in [7, 11) is 0. The second-order valence-corrected chi connectivity index (χ2v) is 2.51. The van der Waals surface area contributed by atoms with Crippen LogP contribution in [0.3, 0.4) is 0 Å². The summed E-state index contributed by atoms with van der Waals surface area (Å²) in [6.45, 7) is 1.12. The highest BCUT2D eigenvalue weighted by molar-refractivity contribution is 5.39. The number of hydrogen-bond donors (Lipinski definition) is 1. The normalized spacial score (nSPS) is 9.23. The number of rotatable bonds is 0. The Morgan fingerprint density at radius 2 is 2.08 bits per heavy atom. The molecule has 0 atom stereocenters. The van der Waals surface area contributed by atoms with Gasteiger partial charge in [-0.3, -0.25) is 0 Å². The van der Waals surface area contributed by atoms with Gasteiger partial charge in [-0.1, -0.05) is 17.9 Å². The Bertz CT molecular complexity index is 374. The number of aliphatic hydroxyl groups excluding tert-OH is 1. The van der Waals surface area contributed by atoms with E-state index in [9.17, 15) is 8.78 Å². The minimum Gasteiger partial charge on any atom is -0.384 e. The van der Waals surface area contributed by atoms with E-state index in [0.717, 1.165) is 6.07 Å². The van der Waals surface area contributed by atoms with E-state index in [1.54, 1.807) is 0 Å². The molecule has 68 valence electrons. The third-order valence-electron chi connectivity index (χ3n) is 1.58. The van der Waals surface area contributed by atoms with Gasteiger partial charge in [-0.2, -0.15) is 0 Å². The summed E-state index contributed by atoms with van der Waals surface area (Å²) in [4.78, 5) is 0. The second-order valence-electron chi connectivity index (χ2n) is 2.51. The fourth-order valence-corrected chi connectivity index (χ4v) is 0.899. The third kappa shape index (κ3) is 2.04. The minimum atomic E-state index is -0.705. The molecule has 1 aromatic rings. The quantitative estimate of drug-likeness (QED) is 0.604. The van der Waals surface area contributed by atoms with E-state index in [4.69, 9.17) is 5.11 Å². The number of benzene rings is 1. The molecule has 0 aliphatic rings. The van der Waals surface area contributed by atoms with Gasteiger partial charge in [0.05, 0.1) is 5.56 Å². The van der Waals surface area contributed by atoms with E-state index in [1.165, 1.54) is 13.0 Å². The molecule has 0 aliphatic heterocycles. The Morgan fingerprint density at radius 1 is 1.38 bits per heavy atom. The van der Waals surface area contributed by atoms with Crippen LogP contribution >= 0.6 is 0 Å². The number of aliphatic hydroxyl groups is 1. The van der Waals surface area contributed by atoms with Gasteiger partial charge < -0.3 is 5.11 Å². The first kappa shape index (κ1) is 9.69. The van der Waals surface area contributed by atoms with Crippen LogP contribution in [0.15, 0.2) is 12.1 Å². The lowest BCUT2D eigenvalue weighted by Gasteiger charge is -1.99. The van der Waals surface area contributed by atoms with Crippen LogP contribution in [-0.4, -0.2) is 11.7 Å². The van der Waals surface area contributed by atoms with Crippen LogP contribution in [0, 0.1) is 30.4 Å². The molecule has 1 aromatic carbocycles. The van der Waals surface area contributed by atoms with Crippen LogP contribution in [0.2, 0.25) is 0 Å². The first-order valence-corrected chi connectivity index (χ1v) is 3.71. The summed E-state index contributed by atoms with van der Waals surface area (Å²) >= 11 is 0. The fraction of sp³-hybridized carbons (Fsp3) is 0.200. The lowest BCUT2D eigenvalue weighted by molar-refractivity contribution is 0.350. The largest absolute Gasteiger partial charge is 0.384 e. The average molecular weight is 182 g/mol. The van der Waals surface area contributed by atoms with Crippen molar-refractivity contribution in [2.24, 2.45) is 0 Å². The highest BCUT2D eigenvalue weighted by atomic mass is 19.1. The zero-order valence-electron chi connectivity index (χ0n) is 7.06. The standard InChI is InChI=1S/C10H8F2O/c1-7-4-5-9(11)8(10(7)12)3-2-6-13/h4-5,13H,6H2,1H3. The number of halogens is 2. The van der Waals surface area contributed by atoms with Gasteiger partial charge in [0.2, 0.25) is 0 Å². The monoisotopic (exact) mass is 182 g/mol. The van der Waals surface area contributed by atoms with Crippen LogP contribution in [0.25, 0.3) is 0 Å². The van der Waals surface area contributed by atoms with Gasteiger partial charge >= 0.3 is 0 Å². The van der Waals surface area contributed by atoms with Crippen molar-refractivity contribution >= 4 is 0 Å². The van der Waals surface area contributed by atoms with E-state index in [1.807, 2.05) is 0 Å². The zero-order chi connectivity index (χ0) is 9.84. The smallest absolute Gasteiger partial charge is 0.144 e. The van der Waals surface area contributed by atoms with Crippen LogP contribution < -0.4 is 0 Å². The van der Waals surface area contributed by atoms with Crippen molar-refractivity contribution in [1.29, 1.82) is 0 Å². The molecule has 0 fully saturated rings. The van der Waals surface area contributed by atoms with E-state index < -0.39 is 18.2 Å². The molecule has 0 saturated carbocycles. The maximum atomic E-state index is 13.2. The van der Waals surface area contributed by atoms with Crippen molar-refractivity contribution in [2.75, 3.05) is 6.61 Å². The van der Waals surface area contributed by atoms with E-state index in [0.29, 0.717) is 5.56 Å². The summed E-state index contributed by atoms with van der Waals surface area (Å²) in [6.07, 6.45) is 0. The first-order valence-electron chi connectivity index (χ1n) is 3.71. The molecular formula is C10H8F2O. The van der Waals surface area contributed by atoms with Gasteiger partial charge in [0, 0.05) is 0 Å². The van der Waals surface area contributed by atoms with E-state index in [-0.39, 0.29) is 5.56 Å². The number of hydrogen-bond acceptors (Lipinski definition) is 1. The van der Waals surface area contributed by atoms with Crippen molar-refractivity contribution < 1.29 is 13.9 Å². The number of aryl methyl sites for hydroxylation is 1. The molecule has 1 N–H and O–H groups in total. The lowest BCUT2D eigenvalue weighted by atomic mass is 10.1. The first-order chi connectivity index (χ1) is 6.16. The van der Waals surface area contributed by atoms with Gasteiger partial charge in [-0.05, 0) is 18.6 Å². The molecule has 0 unspecified atom stereocenters. The van der Waals surface area contributed by atoms with Crippen LogP contribution in [-0.2, 0) is 0 Å². The summed E-state index contributed by atoms with van der Waals surface area (Å²) in [5.41, 5.74) is 0.0534. The molecule has 0 heterocycles. The predicted molar refractivity (Wildman–Crippen MR) is 45.1 cm³/mol. The molecule has 0 radical (unpaired) electrons. The van der Waals surface area contributed by atoms with Gasteiger partial charge in [0.1, 0.15) is 18.2 Å². The zero-order valence-corrected chi connectivity index (χ0v) is 7.06. The fourth-order valence-electron chi connectivity index (χ4n) is 0.899. The SMILES string of the molecule is Cc1ccc(F)c(C#CCO)c1F. The Hall–Kier alpha value is -1.40. The maximum Gasteiger partial charge on any atom is 0.144 e. The minimum absolute atomic E-state index is 0.283. The van der Waals surface area contributed by atoms with Crippen molar-refractivity contribution in [3.63, 3.8) is 0 Å². The molecule has 3 heteroatoms. The van der Waals surface area contributed by atoms with Crippen LogP contribution in [0.1, 0.15) is 11.1 Å². The Balaban J connectivity index is 3.25. The van der Waals surface area contributed by atoms with Crippen molar-refractivity contribution in [3.05, 3.63) is 34.9 Å². The highest BCUT2D eigenvalue weighted by Crippen LogP contribution is 2.14. The van der Waals surface area contributed by atoms with Crippen LogP contribution in [0.5, 0.6) is 0 Å². The maximum absolute atomic E-state index is 13.2. The van der Waals surface area contributed by atoms with Gasteiger partial charge in [-0.15, -0.1) is 0 Å². The topological polar surface area (TPSA) is 20.2 Å². The summed E-state index contributed by atoms with van der Waals surface area (Å²) in [5, 5.41) is 8.36. The summed E-state index contributed by atoms with van der Waals surface area (Å²) in [5.74, 6) is 3.05. The second kappa shape index (κ2) is 4.01. The third-order valence-corrected chi connectivity index (χ3v) is 1.58. The molecule has 0 amide bonds. The van der Waals surface area contributed by atoms with Gasteiger partial charge in [0.25, 0.3) is 0 Å². The molecule has 1 rings (SSSR count). The summed E-state index contributed by atoms with van der Waals surface area (Å²) in [6, 6.07) is 2.49. The molecule has 0 aromatic heterocycles. The lowest BCUT2D eigenvalue weighted by Crippen LogP contribution is -1.93. The Labute approximate surface area is 75.0 Å². The van der Waals surface area contributed by atoms with Gasteiger partial charge in [-0.25, -0.2) is 8.78 Å². The highest BCUT2D eigenvalue weighted by Gasteiger charge is 2.08. The van der Waals surface area contributed by atoms with Crippen LogP contribution in [0.4, 0.5) is 8.78 Å². The van der Waals surface area contributed by atoms with E-state index in [2.05, 4.69) is 11.8 Å². The predicted octanol–water partition coefficient (Wildman–Crippen LogP) is 1.62. The molecule has 0 bridgehead atoms. The molecule has 0 aliphatic carbocycles.